The molecule has 100 valence electrons. The molecule has 2 nitrogen and oxygen atoms in total. The third-order valence-electron chi connectivity index (χ3n) is 3.26. The second kappa shape index (κ2) is 6.83. The summed E-state index contributed by atoms with van der Waals surface area (Å²) in [5.41, 5.74) is 9.78. The SMILES string of the molecule is Cc1ccc(CC(CN)Cc2cncc(Br)c2)cc1. The molecule has 0 radical (unpaired) electrons. The molecule has 0 aliphatic rings. The lowest BCUT2D eigenvalue weighted by atomic mass is 9.93. The molecule has 1 aromatic heterocycles. The fourth-order valence-corrected chi connectivity index (χ4v) is 2.61. The van der Waals surface area contributed by atoms with Crippen LogP contribution in [0.2, 0.25) is 0 Å². The number of aryl methyl sites for hydroxylation is 1. The van der Waals surface area contributed by atoms with Crippen molar-refractivity contribution < 1.29 is 0 Å². The highest BCUT2D eigenvalue weighted by Crippen LogP contribution is 2.17. The van der Waals surface area contributed by atoms with Gasteiger partial charge in [-0.05, 0) is 65.4 Å². The molecule has 2 N–H and O–H groups in total. The number of rotatable bonds is 5. The van der Waals surface area contributed by atoms with Crippen molar-refractivity contribution in [1.29, 1.82) is 0 Å². The van der Waals surface area contributed by atoms with E-state index in [1.807, 2.05) is 6.20 Å². The molecule has 0 amide bonds. The Morgan fingerprint density at radius 2 is 1.79 bits per heavy atom. The fourth-order valence-electron chi connectivity index (χ4n) is 2.20. The number of hydrogen-bond acceptors (Lipinski definition) is 2. The van der Waals surface area contributed by atoms with Gasteiger partial charge in [0.25, 0.3) is 0 Å². The van der Waals surface area contributed by atoms with Crippen LogP contribution in [0.25, 0.3) is 0 Å². The standard InChI is InChI=1S/C16H19BrN2/c1-12-2-4-13(5-3-12)6-14(9-18)7-15-8-16(17)11-19-10-15/h2-5,8,10-11,14H,6-7,9,18H2,1H3. The summed E-state index contributed by atoms with van der Waals surface area (Å²) < 4.78 is 1.02. The van der Waals surface area contributed by atoms with E-state index in [0.717, 1.165) is 17.3 Å². The lowest BCUT2D eigenvalue weighted by Gasteiger charge is -2.15. The van der Waals surface area contributed by atoms with Crippen LogP contribution in [-0.2, 0) is 12.8 Å². The topological polar surface area (TPSA) is 38.9 Å². The first-order valence-electron chi connectivity index (χ1n) is 6.52. The molecule has 19 heavy (non-hydrogen) atoms. The zero-order chi connectivity index (χ0) is 13.7. The molecular weight excluding hydrogens is 300 g/mol. The fraction of sp³-hybridized carbons (Fsp3) is 0.312. The van der Waals surface area contributed by atoms with Crippen molar-refractivity contribution in [2.24, 2.45) is 11.7 Å². The Kier molecular flexibility index (Phi) is 5.11. The van der Waals surface area contributed by atoms with Gasteiger partial charge in [-0.2, -0.15) is 0 Å². The molecule has 2 rings (SSSR count). The van der Waals surface area contributed by atoms with Gasteiger partial charge in [0.1, 0.15) is 0 Å². The van der Waals surface area contributed by atoms with Gasteiger partial charge >= 0.3 is 0 Å². The first kappa shape index (κ1) is 14.2. The van der Waals surface area contributed by atoms with Crippen LogP contribution in [0.5, 0.6) is 0 Å². The van der Waals surface area contributed by atoms with Crippen LogP contribution in [0.1, 0.15) is 16.7 Å². The van der Waals surface area contributed by atoms with Crippen LogP contribution < -0.4 is 5.73 Å². The van der Waals surface area contributed by atoms with E-state index in [0.29, 0.717) is 12.5 Å². The number of benzene rings is 1. The minimum absolute atomic E-state index is 0.457. The highest BCUT2D eigenvalue weighted by Gasteiger charge is 2.09. The lowest BCUT2D eigenvalue weighted by molar-refractivity contribution is 0.532. The Morgan fingerprint density at radius 3 is 2.42 bits per heavy atom. The third kappa shape index (κ3) is 4.44. The number of pyridine rings is 1. The van der Waals surface area contributed by atoms with E-state index in [4.69, 9.17) is 5.73 Å². The summed E-state index contributed by atoms with van der Waals surface area (Å²) in [6.45, 7) is 2.80. The van der Waals surface area contributed by atoms with Crippen LogP contribution in [0, 0.1) is 12.8 Å². The maximum atomic E-state index is 5.90. The maximum Gasteiger partial charge on any atom is 0.0410 e. The van der Waals surface area contributed by atoms with Crippen molar-refractivity contribution in [2.75, 3.05) is 6.54 Å². The quantitative estimate of drug-likeness (QED) is 0.916. The van der Waals surface area contributed by atoms with Crippen molar-refractivity contribution in [1.82, 2.24) is 4.98 Å². The van der Waals surface area contributed by atoms with Crippen LogP contribution >= 0.6 is 15.9 Å². The van der Waals surface area contributed by atoms with Crippen molar-refractivity contribution in [3.63, 3.8) is 0 Å². The monoisotopic (exact) mass is 318 g/mol. The van der Waals surface area contributed by atoms with Crippen LogP contribution in [-0.4, -0.2) is 11.5 Å². The highest BCUT2D eigenvalue weighted by atomic mass is 79.9. The molecule has 0 aliphatic carbocycles. The van der Waals surface area contributed by atoms with Gasteiger partial charge < -0.3 is 5.73 Å². The van der Waals surface area contributed by atoms with Gasteiger partial charge in [-0.15, -0.1) is 0 Å². The molecule has 1 atom stereocenters. The summed E-state index contributed by atoms with van der Waals surface area (Å²) in [6.07, 6.45) is 5.71. The van der Waals surface area contributed by atoms with Gasteiger partial charge in [0.15, 0.2) is 0 Å². The molecule has 1 aromatic carbocycles. The largest absolute Gasteiger partial charge is 0.330 e. The summed E-state index contributed by atoms with van der Waals surface area (Å²) in [5, 5.41) is 0. The van der Waals surface area contributed by atoms with Crippen molar-refractivity contribution >= 4 is 15.9 Å². The molecule has 0 fully saturated rings. The molecule has 0 spiro atoms. The zero-order valence-electron chi connectivity index (χ0n) is 11.1. The van der Waals surface area contributed by atoms with Gasteiger partial charge in [0.05, 0.1) is 0 Å². The number of nitrogens with zero attached hydrogens (tertiary/aromatic N) is 1. The summed E-state index contributed by atoms with van der Waals surface area (Å²) in [7, 11) is 0. The summed E-state index contributed by atoms with van der Waals surface area (Å²) in [6, 6.07) is 10.8. The molecule has 1 heterocycles. The summed E-state index contributed by atoms with van der Waals surface area (Å²) in [4.78, 5) is 4.20. The molecule has 3 heteroatoms. The van der Waals surface area contributed by atoms with E-state index in [1.54, 1.807) is 6.20 Å². The Balaban J connectivity index is 2.02. The molecule has 0 saturated carbocycles. The minimum Gasteiger partial charge on any atom is -0.330 e. The second-order valence-electron chi connectivity index (χ2n) is 5.01. The van der Waals surface area contributed by atoms with E-state index in [9.17, 15) is 0 Å². The Morgan fingerprint density at radius 1 is 1.11 bits per heavy atom. The van der Waals surface area contributed by atoms with E-state index >= 15 is 0 Å². The zero-order valence-corrected chi connectivity index (χ0v) is 12.7. The first-order valence-corrected chi connectivity index (χ1v) is 7.31. The number of hydrogen-bond donors (Lipinski definition) is 1. The van der Waals surface area contributed by atoms with E-state index < -0.39 is 0 Å². The Hall–Kier alpha value is -1.19. The molecule has 0 saturated heterocycles. The highest BCUT2D eigenvalue weighted by molar-refractivity contribution is 9.10. The Labute approximate surface area is 123 Å². The normalized spacial score (nSPS) is 12.4. The van der Waals surface area contributed by atoms with Gasteiger partial charge in [-0.25, -0.2) is 0 Å². The number of halogens is 1. The van der Waals surface area contributed by atoms with Gasteiger partial charge in [-0.1, -0.05) is 29.8 Å². The van der Waals surface area contributed by atoms with Crippen molar-refractivity contribution in [3.8, 4) is 0 Å². The van der Waals surface area contributed by atoms with Crippen LogP contribution in [0.15, 0.2) is 47.2 Å². The molecular formula is C16H19BrN2. The molecule has 0 aliphatic heterocycles. The van der Waals surface area contributed by atoms with E-state index in [-0.39, 0.29) is 0 Å². The predicted octanol–water partition coefficient (Wildman–Crippen LogP) is 3.51. The smallest absolute Gasteiger partial charge is 0.0410 e. The summed E-state index contributed by atoms with van der Waals surface area (Å²) in [5.74, 6) is 0.457. The number of aromatic nitrogens is 1. The van der Waals surface area contributed by atoms with Crippen molar-refractivity contribution in [2.45, 2.75) is 19.8 Å². The summed E-state index contributed by atoms with van der Waals surface area (Å²) >= 11 is 3.46. The maximum absolute atomic E-state index is 5.90. The molecule has 2 aromatic rings. The van der Waals surface area contributed by atoms with E-state index in [1.165, 1.54) is 16.7 Å². The second-order valence-corrected chi connectivity index (χ2v) is 5.92. The predicted molar refractivity (Wildman–Crippen MR) is 83.1 cm³/mol. The molecule has 0 bridgehead atoms. The minimum atomic E-state index is 0.457. The van der Waals surface area contributed by atoms with Gasteiger partial charge in [0.2, 0.25) is 0 Å². The van der Waals surface area contributed by atoms with Gasteiger partial charge in [0, 0.05) is 16.9 Å². The lowest BCUT2D eigenvalue weighted by Crippen LogP contribution is -2.19. The Bertz CT molecular complexity index is 523. The average molecular weight is 319 g/mol. The van der Waals surface area contributed by atoms with Crippen molar-refractivity contribution in [3.05, 3.63) is 63.9 Å². The van der Waals surface area contributed by atoms with Crippen LogP contribution in [0.3, 0.4) is 0 Å². The first-order chi connectivity index (χ1) is 9.17. The van der Waals surface area contributed by atoms with Gasteiger partial charge in [-0.3, -0.25) is 4.98 Å². The molecule has 1 unspecified atom stereocenters. The average Bonchev–Trinajstić information content (AvgIpc) is 2.40. The number of nitrogens with two attached hydrogens (primary N) is 1. The third-order valence-corrected chi connectivity index (χ3v) is 3.70. The van der Waals surface area contributed by atoms with Crippen LogP contribution in [0.4, 0.5) is 0 Å². The van der Waals surface area contributed by atoms with E-state index in [2.05, 4.69) is 58.2 Å².